The van der Waals surface area contributed by atoms with E-state index in [1.165, 1.54) is 19.1 Å². The second-order valence-corrected chi connectivity index (χ2v) is 9.34. The second-order valence-electron chi connectivity index (χ2n) is 9.34. The maximum absolute atomic E-state index is 13.4. The number of hydrogen-bond acceptors (Lipinski definition) is 2. The van der Waals surface area contributed by atoms with Crippen molar-refractivity contribution in [3.8, 4) is 0 Å². The Kier molecular flexibility index (Phi) is 6.89. The Morgan fingerprint density at radius 2 is 1.93 bits per heavy atom. The normalized spacial score (nSPS) is 24.0. The summed E-state index contributed by atoms with van der Waals surface area (Å²) in [5.74, 6) is -1.08. The highest BCUT2D eigenvalue weighted by molar-refractivity contribution is 5.90. The summed E-state index contributed by atoms with van der Waals surface area (Å²) >= 11 is 0. The van der Waals surface area contributed by atoms with E-state index in [-0.39, 0.29) is 23.2 Å². The highest BCUT2D eigenvalue weighted by Gasteiger charge is 2.55. The van der Waals surface area contributed by atoms with E-state index in [0.29, 0.717) is 19.4 Å². The van der Waals surface area contributed by atoms with Gasteiger partial charge in [0.05, 0.1) is 18.6 Å². The molecule has 0 bridgehead atoms. The number of primary amides is 1. The number of nitrogens with one attached hydrogen (secondary N) is 1. The van der Waals surface area contributed by atoms with Gasteiger partial charge >= 0.3 is 0 Å². The Balaban J connectivity index is 2.41. The number of rotatable bonds is 8. The number of halogens is 1. The van der Waals surface area contributed by atoms with Gasteiger partial charge < -0.3 is 15.5 Å². The fraction of sp³-hybridized carbons (Fsp3) is 0.565. The first kappa shape index (κ1) is 23.1. The van der Waals surface area contributed by atoms with E-state index in [2.05, 4.69) is 32.7 Å². The molecule has 1 fully saturated rings. The molecule has 3 N–H and O–H groups in total. The van der Waals surface area contributed by atoms with Crippen molar-refractivity contribution in [2.24, 2.45) is 11.7 Å². The molecule has 3 atom stereocenters. The number of benzene rings is 1. The van der Waals surface area contributed by atoms with Gasteiger partial charge in [-0.15, -0.1) is 6.58 Å². The number of quaternary nitrogens is 1. The SMILES string of the molecule is C=CCCC(NC(C)=O)(C(N)=O)[C@@H]1CC[N+](Cc2ccc(F)cc2)(C(C)(C)C)C1. The van der Waals surface area contributed by atoms with E-state index in [1.54, 1.807) is 6.08 Å². The largest absolute Gasteiger partial charge is 0.368 e. The number of allylic oxidation sites excluding steroid dienone is 1. The highest BCUT2D eigenvalue weighted by atomic mass is 19.1. The first-order chi connectivity index (χ1) is 13.5. The van der Waals surface area contributed by atoms with Crippen molar-refractivity contribution in [2.45, 2.75) is 64.6 Å². The van der Waals surface area contributed by atoms with Crippen LogP contribution in [0.1, 0.15) is 52.5 Å². The molecule has 2 unspecified atom stereocenters. The van der Waals surface area contributed by atoms with Crippen molar-refractivity contribution in [1.82, 2.24) is 5.32 Å². The van der Waals surface area contributed by atoms with E-state index in [9.17, 15) is 14.0 Å². The molecule has 160 valence electrons. The van der Waals surface area contributed by atoms with Crippen molar-refractivity contribution in [1.29, 1.82) is 0 Å². The van der Waals surface area contributed by atoms with Crippen molar-refractivity contribution in [3.05, 3.63) is 48.3 Å². The van der Waals surface area contributed by atoms with Gasteiger partial charge in [-0.1, -0.05) is 18.2 Å². The molecule has 5 nitrogen and oxygen atoms in total. The zero-order valence-corrected chi connectivity index (χ0v) is 18.1. The first-order valence-corrected chi connectivity index (χ1v) is 10.3. The van der Waals surface area contributed by atoms with E-state index < -0.39 is 11.4 Å². The second kappa shape index (κ2) is 8.66. The molecular formula is C23H35FN3O2+. The third kappa shape index (κ3) is 4.86. The molecule has 1 aromatic rings. The van der Waals surface area contributed by atoms with Crippen LogP contribution in [0.3, 0.4) is 0 Å². The van der Waals surface area contributed by atoms with Gasteiger partial charge in [-0.05, 0) is 45.7 Å². The lowest BCUT2D eigenvalue weighted by Gasteiger charge is -2.47. The number of carbonyl (C=O) groups excluding carboxylic acids is 2. The highest BCUT2D eigenvalue weighted by Crippen LogP contribution is 2.41. The van der Waals surface area contributed by atoms with E-state index in [1.807, 2.05) is 12.1 Å². The molecule has 1 saturated heterocycles. The zero-order chi connectivity index (χ0) is 21.9. The zero-order valence-electron chi connectivity index (χ0n) is 18.1. The van der Waals surface area contributed by atoms with Crippen molar-refractivity contribution < 1.29 is 18.5 Å². The Bertz CT molecular complexity index is 756. The summed E-state index contributed by atoms with van der Waals surface area (Å²) in [4.78, 5) is 24.6. The van der Waals surface area contributed by atoms with Crippen LogP contribution in [0.5, 0.6) is 0 Å². The van der Waals surface area contributed by atoms with Crippen LogP contribution in [-0.2, 0) is 16.1 Å². The molecule has 0 radical (unpaired) electrons. The Morgan fingerprint density at radius 1 is 1.31 bits per heavy atom. The summed E-state index contributed by atoms with van der Waals surface area (Å²) in [5, 5.41) is 2.91. The van der Waals surface area contributed by atoms with Gasteiger partial charge in [0.2, 0.25) is 11.8 Å². The van der Waals surface area contributed by atoms with Gasteiger partial charge in [-0.2, -0.15) is 0 Å². The molecule has 6 heteroatoms. The van der Waals surface area contributed by atoms with Gasteiger partial charge in [-0.25, -0.2) is 4.39 Å². The molecule has 1 aliphatic rings. The average molecular weight is 405 g/mol. The molecule has 1 aromatic carbocycles. The van der Waals surface area contributed by atoms with Crippen LogP contribution < -0.4 is 11.1 Å². The predicted molar refractivity (Wildman–Crippen MR) is 113 cm³/mol. The Morgan fingerprint density at radius 3 is 2.41 bits per heavy atom. The summed E-state index contributed by atoms with van der Waals surface area (Å²) in [6, 6.07) is 6.61. The average Bonchev–Trinajstić information content (AvgIpc) is 3.06. The number of nitrogens with two attached hydrogens (primary N) is 1. The Labute approximate surface area is 173 Å². The maximum Gasteiger partial charge on any atom is 0.243 e. The molecule has 0 saturated carbocycles. The van der Waals surface area contributed by atoms with E-state index in [0.717, 1.165) is 29.6 Å². The standard InChI is InChI=1S/C23H34FN3O2/c1-6-7-13-23(21(25)29,26-17(2)28)19-12-14-27(16-19,22(3,4)5)15-18-8-10-20(24)11-9-18/h6,8-11,19H,1,7,12-16H2,2-5H3,(H2-,25,26,28,29)/p+1/t19-,23?,27?/m1/s1. The first-order valence-electron chi connectivity index (χ1n) is 10.3. The minimum Gasteiger partial charge on any atom is -0.368 e. The van der Waals surface area contributed by atoms with Gasteiger partial charge in [0.15, 0.2) is 0 Å². The predicted octanol–water partition coefficient (Wildman–Crippen LogP) is 3.29. The van der Waals surface area contributed by atoms with Crippen LogP contribution in [-0.4, -0.2) is 40.5 Å². The van der Waals surface area contributed by atoms with Crippen LogP contribution in [0, 0.1) is 11.7 Å². The molecule has 1 heterocycles. The fourth-order valence-electron chi connectivity index (χ4n) is 4.74. The number of likely N-dealkylation sites (tertiary alicyclic amines) is 1. The van der Waals surface area contributed by atoms with Crippen LogP contribution in [0.2, 0.25) is 0 Å². The summed E-state index contributed by atoms with van der Waals surface area (Å²) in [7, 11) is 0. The van der Waals surface area contributed by atoms with Crippen LogP contribution in [0.4, 0.5) is 4.39 Å². The van der Waals surface area contributed by atoms with Gasteiger partial charge in [0.1, 0.15) is 17.9 Å². The van der Waals surface area contributed by atoms with Gasteiger partial charge in [0.25, 0.3) is 0 Å². The summed E-state index contributed by atoms with van der Waals surface area (Å²) < 4.78 is 14.1. The lowest BCUT2D eigenvalue weighted by atomic mass is 9.78. The number of carbonyl (C=O) groups is 2. The lowest BCUT2D eigenvalue weighted by Crippen LogP contribution is -2.64. The van der Waals surface area contributed by atoms with Crippen LogP contribution in [0.25, 0.3) is 0 Å². The van der Waals surface area contributed by atoms with E-state index in [4.69, 9.17) is 5.73 Å². The molecule has 29 heavy (non-hydrogen) atoms. The third-order valence-electron chi connectivity index (χ3n) is 6.58. The van der Waals surface area contributed by atoms with Gasteiger partial charge in [-0.3, -0.25) is 9.59 Å². The topological polar surface area (TPSA) is 72.2 Å². The van der Waals surface area contributed by atoms with Crippen molar-refractivity contribution >= 4 is 11.8 Å². The molecule has 2 amide bonds. The minimum absolute atomic E-state index is 0.0801. The van der Waals surface area contributed by atoms with Crippen molar-refractivity contribution in [2.75, 3.05) is 13.1 Å². The molecule has 0 aromatic heterocycles. The Hall–Kier alpha value is -2.21. The number of nitrogens with zero attached hydrogens (tertiary/aromatic N) is 1. The fourth-order valence-corrected chi connectivity index (χ4v) is 4.74. The lowest BCUT2D eigenvalue weighted by molar-refractivity contribution is -0.973. The summed E-state index contributed by atoms with van der Waals surface area (Å²) in [5.41, 5.74) is 5.74. The van der Waals surface area contributed by atoms with Gasteiger partial charge in [0, 0.05) is 24.8 Å². The molecule has 2 rings (SSSR count). The summed E-state index contributed by atoms with van der Waals surface area (Å²) in [6.45, 7) is 14.0. The van der Waals surface area contributed by atoms with Crippen molar-refractivity contribution in [3.63, 3.8) is 0 Å². The number of amides is 2. The molecule has 0 spiro atoms. The monoisotopic (exact) mass is 404 g/mol. The minimum atomic E-state index is -1.09. The summed E-state index contributed by atoms with van der Waals surface area (Å²) in [6.07, 6.45) is 3.56. The molecular weight excluding hydrogens is 369 g/mol. The third-order valence-corrected chi connectivity index (χ3v) is 6.58. The number of hydrogen-bond donors (Lipinski definition) is 2. The quantitative estimate of drug-likeness (QED) is 0.515. The van der Waals surface area contributed by atoms with E-state index >= 15 is 0 Å². The maximum atomic E-state index is 13.4. The molecule has 0 aliphatic carbocycles. The van der Waals surface area contributed by atoms with Crippen LogP contribution >= 0.6 is 0 Å². The van der Waals surface area contributed by atoms with Crippen LogP contribution in [0.15, 0.2) is 36.9 Å². The smallest absolute Gasteiger partial charge is 0.243 e. The molecule has 1 aliphatic heterocycles.